The molecule has 0 bridgehead atoms. The molecule has 1 aliphatic heterocycles. The number of hydrogen-bond acceptors (Lipinski definition) is 3. The molecule has 5 nitrogen and oxygen atoms in total. The fourth-order valence-electron chi connectivity index (χ4n) is 2.79. The Bertz CT molecular complexity index is 714. The van der Waals surface area contributed by atoms with Gasteiger partial charge >= 0.3 is 0 Å². The first kappa shape index (κ1) is 16.3. The van der Waals surface area contributed by atoms with E-state index in [0.717, 1.165) is 31.0 Å². The molecule has 2 heterocycles. The van der Waals surface area contributed by atoms with Gasteiger partial charge in [-0.05, 0) is 25.0 Å². The average Bonchev–Trinajstić information content (AvgIpc) is 2.78. The number of benzene rings is 1. The first-order chi connectivity index (χ1) is 11.2. The number of rotatable bonds is 4. The first-order valence-electron chi connectivity index (χ1n) is 7.80. The van der Waals surface area contributed by atoms with Crippen molar-refractivity contribution < 1.29 is 4.79 Å². The minimum atomic E-state index is -0.229. The second kappa shape index (κ2) is 7.32. The Morgan fingerprint density at radius 1 is 1.22 bits per heavy atom. The molecule has 3 rings (SSSR count). The van der Waals surface area contributed by atoms with Gasteiger partial charge < -0.3 is 9.88 Å². The third-order valence-electron chi connectivity index (χ3n) is 4.02. The summed E-state index contributed by atoms with van der Waals surface area (Å²) >= 11 is 12.0. The van der Waals surface area contributed by atoms with Gasteiger partial charge in [0.25, 0.3) is 5.91 Å². The van der Waals surface area contributed by atoms with Gasteiger partial charge in [0.2, 0.25) is 0 Å². The number of carbonyl (C=O) groups is 1. The van der Waals surface area contributed by atoms with Crippen molar-refractivity contribution in [3.63, 3.8) is 0 Å². The van der Waals surface area contributed by atoms with Crippen LogP contribution in [-0.4, -0.2) is 27.2 Å². The normalized spacial score (nSPS) is 14.2. The SMILES string of the molecule is O=C(NCCc1nnc2n1CCCCC2)c1cccc(Cl)c1Cl. The van der Waals surface area contributed by atoms with E-state index in [1.165, 1.54) is 12.8 Å². The van der Waals surface area contributed by atoms with E-state index in [-0.39, 0.29) is 10.9 Å². The van der Waals surface area contributed by atoms with Gasteiger partial charge in [-0.2, -0.15) is 0 Å². The summed E-state index contributed by atoms with van der Waals surface area (Å²) < 4.78 is 2.19. The minimum Gasteiger partial charge on any atom is -0.352 e. The zero-order valence-electron chi connectivity index (χ0n) is 12.7. The summed E-state index contributed by atoms with van der Waals surface area (Å²) in [5, 5.41) is 12.0. The summed E-state index contributed by atoms with van der Waals surface area (Å²) in [7, 11) is 0. The van der Waals surface area contributed by atoms with Crippen LogP contribution in [0.5, 0.6) is 0 Å². The fourth-order valence-corrected chi connectivity index (χ4v) is 3.18. The van der Waals surface area contributed by atoms with E-state index < -0.39 is 0 Å². The summed E-state index contributed by atoms with van der Waals surface area (Å²) in [6, 6.07) is 5.03. The van der Waals surface area contributed by atoms with Crippen LogP contribution in [0.3, 0.4) is 0 Å². The molecular formula is C16H18Cl2N4O. The molecule has 0 aliphatic carbocycles. The van der Waals surface area contributed by atoms with E-state index in [1.54, 1.807) is 18.2 Å². The second-order valence-electron chi connectivity index (χ2n) is 5.60. The summed E-state index contributed by atoms with van der Waals surface area (Å²) in [6.07, 6.45) is 5.19. The summed E-state index contributed by atoms with van der Waals surface area (Å²) in [4.78, 5) is 12.2. The number of hydrogen-bond donors (Lipinski definition) is 1. The van der Waals surface area contributed by atoms with Gasteiger partial charge in [-0.15, -0.1) is 10.2 Å². The molecule has 0 radical (unpaired) electrons. The van der Waals surface area contributed by atoms with Crippen LogP contribution in [0.1, 0.15) is 41.3 Å². The smallest absolute Gasteiger partial charge is 0.252 e. The highest BCUT2D eigenvalue weighted by molar-refractivity contribution is 6.43. The number of nitrogens with zero attached hydrogens (tertiary/aromatic N) is 3. The van der Waals surface area contributed by atoms with Gasteiger partial charge in [-0.25, -0.2) is 0 Å². The molecule has 23 heavy (non-hydrogen) atoms. The largest absolute Gasteiger partial charge is 0.352 e. The lowest BCUT2D eigenvalue weighted by Gasteiger charge is -2.09. The lowest BCUT2D eigenvalue weighted by molar-refractivity contribution is 0.0954. The Kier molecular flexibility index (Phi) is 5.18. The predicted molar refractivity (Wildman–Crippen MR) is 90.1 cm³/mol. The number of amides is 1. The predicted octanol–water partition coefficient (Wildman–Crippen LogP) is 3.28. The van der Waals surface area contributed by atoms with Crippen molar-refractivity contribution in [2.75, 3.05) is 6.54 Å². The van der Waals surface area contributed by atoms with Crippen LogP contribution in [0, 0.1) is 0 Å². The average molecular weight is 353 g/mol. The molecule has 0 atom stereocenters. The molecule has 1 aliphatic rings. The van der Waals surface area contributed by atoms with Crippen molar-refractivity contribution in [3.8, 4) is 0 Å². The fraction of sp³-hybridized carbons (Fsp3) is 0.438. The highest BCUT2D eigenvalue weighted by atomic mass is 35.5. The number of aryl methyl sites for hydroxylation is 1. The van der Waals surface area contributed by atoms with Crippen LogP contribution in [0.15, 0.2) is 18.2 Å². The maximum atomic E-state index is 12.2. The maximum Gasteiger partial charge on any atom is 0.252 e. The lowest BCUT2D eigenvalue weighted by Crippen LogP contribution is -2.27. The molecule has 1 N–H and O–H groups in total. The molecule has 0 saturated heterocycles. The van der Waals surface area contributed by atoms with E-state index in [0.29, 0.717) is 23.6 Å². The Labute approximate surface area is 145 Å². The van der Waals surface area contributed by atoms with E-state index >= 15 is 0 Å². The molecule has 2 aromatic rings. The van der Waals surface area contributed by atoms with Crippen molar-refractivity contribution in [2.24, 2.45) is 0 Å². The summed E-state index contributed by atoms with van der Waals surface area (Å²) in [6.45, 7) is 1.45. The minimum absolute atomic E-state index is 0.229. The number of nitrogens with one attached hydrogen (secondary N) is 1. The quantitative estimate of drug-likeness (QED) is 0.918. The van der Waals surface area contributed by atoms with Crippen molar-refractivity contribution >= 4 is 29.1 Å². The molecule has 0 saturated carbocycles. The van der Waals surface area contributed by atoms with Gasteiger partial charge in [0.15, 0.2) is 0 Å². The van der Waals surface area contributed by atoms with Crippen molar-refractivity contribution in [2.45, 2.75) is 38.6 Å². The third-order valence-corrected chi connectivity index (χ3v) is 4.84. The molecule has 7 heteroatoms. The van der Waals surface area contributed by atoms with Crippen molar-refractivity contribution in [3.05, 3.63) is 45.5 Å². The number of carbonyl (C=O) groups excluding carboxylic acids is 1. The Morgan fingerprint density at radius 2 is 2.09 bits per heavy atom. The monoisotopic (exact) mass is 352 g/mol. The molecular weight excluding hydrogens is 335 g/mol. The van der Waals surface area contributed by atoms with E-state index in [9.17, 15) is 4.79 Å². The van der Waals surface area contributed by atoms with Crippen LogP contribution in [-0.2, 0) is 19.4 Å². The van der Waals surface area contributed by atoms with Gasteiger partial charge in [0, 0.05) is 25.9 Å². The van der Waals surface area contributed by atoms with Crippen LogP contribution < -0.4 is 5.32 Å². The summed E-state index contributed by atoms with van der Waals surface area (Å²) in [5.74, 6) is 1.76. The summed E-state index contributed by atoms with van der Waals surface area (Å²) in [5.41, 5.74) is 0.388. The molecule has 1 aromatic heterocycles. The zero-order chi connectivity index (χ0) is 16.2. The molecule has 1 amide bonds. The lowest BCUT2D eigenvalue weighted by atomic mass is 10.2. The molecule has 122 valence electrons. The van der Waals surface area contributed by atoms with Crippen LogP contribution in [0.25, 0.3) is 0 Å². The van der Waals surface area contributed by atoms with Gasteiger partial charge in [0.05, 0.1) is 15.6 Å². The number of halogens is 2. The Morgan fingerprint density at radius 3 is 2.96 bits per heavy atom. The van der Waals surface area contributed by atoms with E-state index in [2.05, 4.69) is 20.1 Å². The maximum absolute atomic E-state index is 12.2. The highest BCUT2D eigenvalue weighted by Gasteiger charge is 2.16. The molecule has 0 unspecified atom stereocenters. The van der Waals surface area contributed by atoms with E-state index in [4.69, 9.17) is 23.2 Å². The van der Waals surface area contributed by atoms with Crippen molar-refractivity contribution in [1.82, 2.24) is 20.1 Å². The van der Waals surface area contributed by atoms with Gasteiger partial charge in [-0.1, -0.05) is 35.7 Å². The van der Waals surface area contributed by atoms with Crippen LogP contribution in [0.2, 0.25) is 10.0 Å². The highest BCUT2D eigenvalue weighted by Crippen LogP contribution is 2.25. The second-order valence-corrected chi connectivity index (χ2v) is 6.39. The van der Waals surface area contributed by atoms with Gasteiger partial charge in [0.1, 0.15) is 11.6 Å². The third kappa shape index (κ3) is 3.67. The topological polar surface area (TPSA) is 59.8 Å². The Hall–Kier alpha value is -1.59. The van der Waals surface area contributed by atoms with Gasteiger partial charge in [-0.3, -0.25) is 4.79 Å². The number of aromatic nitrogens is 3. The van der Waals surface area contributed by atoms with Crippen LogP contribution >= 0.6 is 23.2 Å². The Balaban J connectivity index is 1.60. The molecule has 0 fully saturated rings. The zero-order valence-corrected chi connectivity index (χ0v) is 14.2. The molecule has 0 spiro atoms. The molecule has 1 aromatic carbocycles. The van der Waals surface area contributed by atoms with Crippen LogP contribution in [0.4, 0.5) is 0 Å². The first-order valence-corrected chi connectivity index (χ1v) is 8.55. The van der Waals surface area contributed by atoms with Crippen molar-refractivity contribution in [1.29, 1.82) is 0 Å². The number of fused-ring (bicyclic) bond motifs is 1. The van der Waals surface area contributed by atoms with E-state index in [1.807, 2.05) is 0 Å². The standard InChI is InChI=1S/C16H18Cl2N4O/c17-12-6-4-5-11(15(12)18)16(23)19-9-8-14-21-20-13-7-2-1-3-10-22(13)14/h4-6H,1-3,7-10H2,(H,19,23).